The lowest BCUT2D eigenvalue weighted by Crippen LogP contribution is -2.49. The first-order chi connectivity index (χ1) is 6.70. The van der Waals surface area contributed by atoms with Crippen LogP contribution in [0.2, 0.25) is 0 Å². The summed E-state index contributed by atoms with van der Waals surface area (Å²) in [5, 5.41) is 3.26. The van der Waals surface area contributed by atoms with Crippen molar-refractivity contribution in [3.05, 3.63) is 0 Å². The van der Waals surface area contributed by atoms with Gasteiger partial charge in [0.25, 0.3) is 0 Å². The first kappa shape index (κ1) is 8.72. The van der Waals surface area contributed by atoms with E-state index in [0.717, 1.165) is 18.8 Å². The zero-order valence-electron chi connectivity index (χ0n) is 8.46. The molecule has 0 unspecified atom stereocenters. The van der Waals surface area contributed by atoms with Crippen molar-refractivity contribution in [3.8, 4) is 0 Å². The highest BCUT2D eigenvalue weighted by Gasteiger charge is 2.55. The highest BCUT2D eigenvalue weighted by molar-refractivity contribution is 5.81. The minimum atomic E-state index is 0.223. The summed E-state index contributed by atoms with van der Waals surface area (Å²) in [4.78, 5) is 11.8. The zero-order chi connectivity index (χ0) is 9.76. The second kappa shape index (κ2) is 2.72. The molecule has 0 aromatic heterocycles. The Morgan fingerprint density at radius 3 is 2.36 bits per heavy atom. The van der Waals surface area contributed by atoms with E-state index in [0.29, 0.717) is 0 Å². The number of nitrogens with one attached hydrogen (secondary N) is 1. The molecule has 0 atom stereocenters. The van der Waals surface area contributed by atoms with E-state index in [1.165, 1.54) is 25.7 Å². The molecule has 3 aliphatic rings. The van der Waals surface area contributed by atoms with Crippen molar-refractivity contribution in [1.29, 1.82) is 0 Å². The topological polar surface area (TPSA) is 55.1 Å². The van der Waals surface area contributed by atoms with Gasteiger partial charge in [-0.05, 0) is 44.4 Å². The first-order valence-corrected chi connectivity index (χ1v) is 5.77. The molecule has 0 heterocycles. The van der Waals surface area contributed by atoms with E-state index in [2.05, 4.69) is 5.32 Å². The average Bonchev–Trinajstić information content (AvgIpc) is 2.89. The Balaban J connectivity index is 1.54. The molecule has 1 amide bonds. The summed E-state index contributed by atoms with van der Waals surface area (Å²) in [5.74, 6) is 1.30. The van der Waals surface area contributed by atoms with Crippen LogP contribution in [0.5, 0.6) is 0 Å². The van der Waals surface area contributed by atoms with Crippen LogP contribution in [0, 0.1) is 11.8 Å². The SMILES string of the molecule is NC1CC(C(=O)NC2(C3CC3)CC2)C1. The lowest BCUT2D eigenvalue weighted by Gasteiger charge is -2.32. The van der Waals surface area contributed by atoms with E-state index >= 15 is 0 Å². The minimum Gasteiger partial charge on any atom is -0.350 e. The van der Waals surface area contributed by atoms with Crippen molar-refractivity contribution in [2.75, 3.05) is 0 Å². The molecule has 0 aromatic carbocycles. The number of amides is 1. The van der Waals surface area contributed by atoms with Crippen molar-refractivity contribution < 1.29 is 4.79 Å². The van der Waals surface area contributed by atoms with Crippen LogP contribution in [0.4, 0.5) is 0 Å². The molecule has 0 radical (unpaired) electrons. The van der Waals surface area contributed by atoms with Crippen LogP contribution < -0.4 is 11.1 Å². The monoisotopic (exact) mass is 194 g/mol. The van der Waals surface area contributed by atoms with Gasteiger partial charge in [0.1, 0.15) is 0 Å². The van der Waals surface area contributed by atoms with Crippen LogP contribution in [-0.4, -0.2) is 17.5 Å². The average molecular weight is 194 g/mol. The van der Waals surface area contributed by atoms with Crippen LogP contribution in [0.1, 0.15) is 38.5 Å². The van der Waals surface area contributed by atoms with Gasteiger partial charge in [-0.1, -0.05) is 0 Å². The van der Waals surface area contributed by atoms with E-state index in [1.807, 2.05) is 0 Å². The summed E-state index contributed by atoms with van der Waals surface area (Å²) in [6, 6.07) is 0.279. The molecule has 3 N–H and O–H groups in total. The van der Waals surface area contributed by atoms with E-state index in [-0.39, 0.29) is 23.4 Å². The molecule has 0 saturated heterocycles. The van der Waals surface area contributed by atoms with Gasteiger partial charge in [-0.25, -0.2) is 0 Å². The molecular weight excluding hydrogens is 176 g/mol. The summed E-state index contributed by atoms with van der Waals surface area (Å²) >= 11 is 0. The molecule has 3 aliphatic carbocycles. The van der Waals surface area contributed by atoms with Crippen molar-refractivity contribution in [1.82, 2.24) is 5.32 Å². The van der Waals surface area contributed by atoms with Gasteiger partial charge in [-0.2, -0.15) is 0 Å². The smallest absolute Gasteiger partial charge is 0.223 e. The second-order valence-electron chi connectivity index (χ2n) is 5.35. The first-order valence-electron chi connectivity index (χ1n) is 5.77. The predicted octanol–water partition coefficient (Wildman–Crippen LogP) is 0.782. The third kappa shape index (κ3) is 1.34. The maximum atomic E-state index is 11.8. The number of nitrogens with two attached hydrogens (primary N) is 1. The molecule has 3 saturated carbocycles. The number of carbonyl (C=O) groups is 1. The van der Waals surface area contributed by atoms with Crippen LogP contribution in [0.3, 0.4) is 0 Å². The molecule has 3 fully saturated rings. The molecule has 3 rings (SSSR count). The van der Waals surface area contributed by atoms with Gasteiger partial charge in [0.05, 0.1) is 0 Å². The maximum absolute atomic E-state index is 11.8. The standard InChI is InChI=1S/C11H18N2O/c12-9-5-7(6-9)10(14)13-11(3-4-11)8-1-2-8/h7-9H,1-6,12H2,(H,13,14). The fourth-order valence-electron chi connectivity index (χ4n) is 2.63. The highest BCUT2D eigenvalue weighted by atomic mass is 16.2. The van der Waals surface area contributed by atoms with Crippen molar-refractivity contribution in [2.45, 2.75) is 50.1 Å². The molecule has 78 valence electrons. The summed E-state index contributed by atoms with van der Waals surface area (Å²) in [6.07, 6.45) is 6.86. The number of carbonyl (C=O) groups excluding carboxylic acids is 1. The third-order valence-corrected chi connectivity index (χ3v) is 4.06. The summed E-state index contributed by atoms with van der Waals surface area (Å²) < 4.78 is 0. The largest absolute Gasteiger partial charge is 0.350 e. The molecule has 0 aromatic rings. The van der Waals surface area contributed by atoms with Crippen molar-refractivity contribution in [2.24, 2.45) is 17.6 Å². The van der Waals surface area contributed by atoms with Crippen LogP contribution in [0.15, 0.2) is 0 Å². The molecule has 3 heteroatoms. The third-order valence-electron chi connectivity index (χ3n) is 4.06. The fourth-order valence-corrected chi connectivity index (χ4v) is 2.63. The molecule has 0 spiro atoms. The van der Waals surface area contributed by atoms with E-state index < -0.39 is 0 Å². The molecule has 0 bridgehead atoms. The Morgan fingerprint density at radius 2 is 1.93 bits per heavy atom. The van der Waals surface area contributed by atoms with Gasteiger partial charge < -0.3 is 11.1 Å². The predicted molar refractivity (Wildman–Crippen MR) is 53.5 cm³/mol. The molecule has 14 heavy (non-hydrogen) atoms. The lowest BCUT2D eigenvalue weighted by molar-refractivity contribution is -0.129. The van der Waals surface area contributed by atoms with Gasteiger partial charge in [0.15, 0.2) is 0 Å². The van der Waals surface area contributed by atoms with Gasteiger partial charge in [0, 0.05) is 17.5 Å². The minimum absolute atomic E-state index is 0.223. The van der Waals surface area contributed by atoms with E-state index in [1.54, 1.807) is 0 Å². The Hall–Kier alpha value is -0.570. The quantitative estimate of drug-likeness (QED) is 0.697. The van der Waals surface area contributed by atoms with Gasteiger partial charge in [0.2, 0.25) is 5.91 Å². The highest BCUT2D eigenvalue weighted by Crippen LogP contribution is 2.53. The van der Waals surface area contributed by atoms with Crippen molar-refractivity contribution in [3.63, 3.8) is 0 Å². The normalized spacial score (nSPS) is 38.6. The number of hydrogen-bond donors (Lipinski definition) is 2. The Bertz CT molecular complexity index is 262. The van der Waals surface area contributed by atoms with Crippen LogP contribution >= 0.6 is 0 Å². The van der Waals surface area contributed by atoms with Crippen LogP contribution in [-0.2, 0) is 4.79 Å². The summed E-state index contributed by atoms with van der Waals surface area (Å²) in [7, 11) is 0. The Labute approximate surface area is 84.4 Å². The van der Waals surface area contributed by atoms with Crippen molar-refractivity contribution >= 4 is 5.91 Å². The van der Waals surface area contributed by atoms with Gasteiger partial charge >= 0.3 is 0 Å². The maximum Gasteiger partial charge on any atom is 0.223 e. The van der Waals surface area contributed by atoms with Crippen LogP contribution in [0.25, 0.3) is 0 Å². The second-order valence-corrected chi connectivity index (χ2v) is 5.35. The molecule has 0 aliphatic heterocycles. The lowest BCUT2D eigenvalue weighted by atomic mass is 9.80. The summed E-state index contributed by atoms with van der Waals surface area (Å²) in [5.41, 5.74) is 5.92. The number of hydrogen-bond acceptors (Lipinski definition) is 2. The van der Waals surface area contributed by atoms with E-state index in [4.69, 9.17) is 5.73 Å². The van der Waals surface area contributed by atoms with Gasteiger partial charge in [-0.15, -0.1) is 0 Å². The molecular formula is C11H18N2O. The van der Waals surface area contributed by atoms with E-state index in [9.17, 15) is 4.79 Å². The Morgan fingerprint density at radius 1 is 1.29 bits per heavy atom. The van der Waals surface area contributed by atoms with Gasteiger partial charge in [-0.3, -0.25) is 4.79 Å². The number of rotatable bonds is 3. The molecule has 3 nitrogen and oxygen atoms in total. The summed E-state index contributed by atoms with van der Waals surface area (Å²) in [6.45, 7) is 0. The fraction of sp³-hybridized carbons (Fsp3) is 0.909. The Kier molecular flexibility index (Phi) is 1.69. The zero-order valence-corrected chi connectivity index (χ0v) is 8.46.